The summed E-state index contributed by atoms with van der Waals surface area (Å²) in [6, 6.07) is 0.116. The first-order valence-corrected chi connectivity index (χ1v) is 4.65. The molecule has 13 heavy (non-hydrogen) atoms. The lowest BCUT2D eigenvalue weighted by atomic mass is 9.92. The molecule has 0 aromatic carbocycles. The summed E-state index contributed by atoms with van der Waals surface area (Å²) >= 11 is 0. The van der Waals surface area contributed by atoms with E-state index in [4.69, 9.17) is 10.6 Å². The van der Waals surface area contributed by atoms with E-state index >= 15 is 0 Å². The van der Waals surface area contributed by atoms with Crippen LogP contribution in [0.4, 0.5) is 0 Å². The molecule has 3 nitrogen and oxygen atoms in total. The molecule has 3 heteroatoms. The summed E-state index contributed by atoms with van der Waals surface area (Å²) in [7, 11) is 1.69. The van der Waals surface area contributed by atoms with E-state index in [9.17, 15) is 0 Å². The van der Waals surface area contributed by atoms with Crippen LogP contribution in [0.15, 0.2) is 12.2 Å². The van der Waals surface area contributed by atoms with Crippen LogP contribution in [0.2, 0.25) is 0 Å². The number of rotatable bonds is 6. The fraction of sp³-hybridized carbons (Fsp3) is 0.800. The molecule has 0 saturated heterocycles. The van der Waals surface area contributed by atoms with E-state index in [1.54, 1.807) is 7.11 Å². The van der Waals surface area contributed by atoms with Crippen LogP contribution >= 0.6 is 0 Å². The van der Waals surface area contributed by atoms with Crippen LogP contribution < -0.4 is 11.3 Å². The molecule has 0 spiro atoms. The Morgan fingerprint density at radius 1 is 1.62 bits per heavy atom. The van der Waals surface area contributed by atoms with Crippen molar-refractivity contribution in [3.05, 3.63) is 12.2 Å². The highest BCUT2D eigenvalue weighted by Gasteiger charge is 2.28. The van der Waals surface area contributed by atoms with Crippen LogP contribution in [0.1, 0.15) is 33.6 Å². The first-order valence-electron chi connectivity index (χ1n) is 4.65. The summed E-state index contributed by atoms with van der Waals surface area (Å²) < 4.78 is 5.35. The lowest BCUT2D eigenvalue weighted by molar-refractivity contribution is -0.0102. The first-order chi connectivity index (χ1) is 5.97. The van der Waals surface area contributed by atoms with Gasteiger partial charge in [0, 0.05) is 7.11 Å². The van der Waals surface area contributed by atoms with E-state index < -0.39 is 0 Å². The smallest absolute Gasteiger partial charge is 0.0791 e. The van der Waals surface area contributed by atoms with E-state index in [2.05, 4.69) is 18.9 Å². The third-order valence-electron chi connectivity index (χ3n) is 2.56. The topological polar surface area (TPSA) is 47.3 Å². The summed E-state index contributed by atoms with van der Waals surface area (Å²) in [5, 5.41) is 0. The highest BCUT2D eigenvalue weighted by atomic mass is 16.5. The van der Waals surface area contributed by atoms with Crippen LogP contribution in [-0.2, 0) is 4.74 Å². The highest BCUT2D eigenvalue weighted by Crippen LogP contribution is 2.19. The molecule has 0 aromatic rings. The zero-order chi connectivity index (χ0) is 10.5. The summed E-state index contributed by atoms with van der Waals surface area (Å²) in [5.74, 6) is 5.47. The normalized spacial score (nSPS) is 14.2. The lowest BCUT2D eigenvalue weighted by Crippen LogP contribution is -2.51. The van der Waals surface area contributed by atoms with Gasteiger partial charge >= 0.3 is 0 Å². The predicted octanol–water partition coefficient (Wildman–Crippen LogP) is 1.60. The average molecular weight is 186 g/mol. The Bertz CT molecular complexity index is 166. The number of nitrogens with two attached hydrogens (primary N) is 1. The Morgan fingerprint density at radius 3 is 2.46 bits per heavy atom. The molecule has 0 fully saturated rings. The quantitative estimate of drug-likeness (QED) is 0.376. The van der Waals surface area contributed by atoms with Gasteiger partial charge in [0.1, 0.15) is 0 Å². The van der Waals surface area contributed by atoms with Gasteiger partial charge in [-0.2, -0.15) is 0 Å². The summed E-state index contributed by atoms with van der Waals surface area (Å²) in [6.07, 6.45) is 1.84. The first kappa shape index (κ1) is 12.6. The minimum atomic E-state index is -0.257. The van der Waals surface area contributed by atoms with Gasteiger partial charge in [-0.05, 0) is 26.7 Å². The maximum Gasteiger partial charge on any atom is 0.0791 e. The fourth-order valence-corrected chi connectivity index (χ4v) is 1.08. The summed E-state index contributed by atoms with van der Waals surface area (Å²) in [5.41, 5.74) is 3.70. The van der Waals surface area contributed by atoms with Crippen LogP contribution in [0.25, 0.3) is 0 Å². The third-order valence-corrected chi connectivity index (χ3v) is 2.56. The van der Waals surface area contributed by atoms with Crippen LogP contribution in [0.3, 0.4) is 0 Å². The highest BCUT2D eigenvalue weighted by molar-refractivity contribution is 5.00. The van der Waals surface area contributed by atoms with Gasteiger partial charge in [0.2, 0.25) is 0 Å². The zero-order valence-electron chi connectivity index (χ0n) is 9.18. The maximum atomic E-state index is 5.47. The van der Waals surface area contributed by atoms with Crippen molar-refractivity contribution in [3.63, 3.8) is 0 Å². The fourth-order valence-electron chi connectivity index (χ4n) is 1.08. The largest absolute Gasteiger partial charge is 0.377 e. The Hall–Kier alpha value is -0.380. The van der Waals surface area contributed by atoms with Crippen molar-refractivity contribution >= 4 is 0 Å². The second-order valence-electron chi connectivity index (χ2n) is 3.83. The van der Waals surface area contributed by atoms with Crippen LogP contribution in [0, 0.1) is 0 Å². The van der Waals surface area contributed by atoms with Crippen molar-refractivity contribution < 1.29 is 4.74 Å². The second-order valence-corrected chi connectivity index (χ2v) is 3.83. The zero-order valence-corrected chi connectivity index (χ0v) is 9.18. The molecule has 0 radical (unpaired) electrons. The van der Waals surface area contributed by atoms with Gasteiger partial charge in [-0.25, -0.2) is 0 Å². The second kappa shape index (κ2) is 5.37. The minimum absolute atomic E-state index is 0.116. The van der Waals surface area contributed by atoms with Gasteiger partial charge in [-0.3, -0.25) is 11.3 Å². The monoisotopic (exact) mass is 186 g/mol. The van der Waals surface area contributed by atoms with Gasteiger partial charge < -0.3 is 4.74 Å². The molecule has 78 valence electrons. The number of nitrogens with one attached hydrogen (secondary N) is 1. The van der Waals surface area contributed by atoms with Gasteiger partial charge in [0.25, 0.3) is 0 Å². The Labute approximate surface area is 81.3 Å². The van der Waals surface area contributed by atoms with Gasteiger partial charge in [-0.15, -0.1) is 0 Å². The molecule has 1 atom stereocenters. The Balaban J connectivity index is 4.25. The Kier molecular flexibility index (Phi) is 5.21. The third kappa shape index (κ3) is 3.89. The standard InChI is InChI=1S/C10H22N2O/c1-6-8(2)7-9(12-11)10(3,4)13-5/h9,12H,2,6-7,11H2,1,3-5H3. The Morgan fingerprint density at radius 2 is 2.15 bits per heavy atom. The maximum absolute atomic E-state index is 5.47. The van der Waals surface area contributed by atoms with Crippen molar-refractivity contribution in [1.29, 1.82) is 0 Å². The van der Waals surface area contributed by atoms with Crippen molar-refractivity contribution in [3.8, 4) is 0 Å². The van der Waals surface area contributed by atoms with E-state index in [0.29, 0.717) is 0 Å². The summed E-state index contributed by atoms with van der Waals surface area (Å²) in [4.78, 5) is 0. The van der Waals surface area contributed by atoms with Gasteiger partial charge in [0.15, 0.2) is 0 Å². The minimum Gasteiger partial charge on any atom is -0.377 e. The SMILES string of the molecule is C=C(CC)CC(NN)C(C)(C)OC. The van der Waals surface area contributed by atoms with Crippen molar-refractivity contribution in [2.45, 2.75) is 45.3 Å². The molecule has 0 aliphatic rings. The van der Waals surface area contributed by atoms with E-state index in [1.165, 1.54) is 5.57 Å². The van der Waals surface area contributed by atoms with Crippen LogP contribution in [0.5, 0.6) is 0 Å². The van der Waals surface area contributed by atoms with Crippen molar-refractivity contribution in [2.75, 3.05) is 7.11 Å². The van der Waals surface area contributed by atoms with Crippen molar-refractivity contribution in [2.24, 2.45) is 5.84 Å². The molecular formula is C10H22N2O. The molecule has 0 aliphatic carbocycles. The summed E-state index contributed by atoms with van der Waals surface area (Å²) in [6.45, 7) is 10.1. The molecule has 3 N–H and O–H groups in total. The predicted molar refractivity (Wildman–Crippen MR) is 56.2 cm³/mol. The molecule has 0 saturated carbocycles. The van der Waals surface area contributed by atoms with Crippen molar-refractivity contribution in [1.82, 2.24) is 5.43 Å². The molecule has 1 unspecified atom stereocenters. The van der Waals surface area contributed by atoms with Gasteiger partial charge in [0.05, 0.1) is 11.6 Å². The molecular weight excluding hydrogens is 164 g/mol. The molecule has 0 aliphatic heterocycles. The molecule has 0 amide bonds. The number of methoxy groups -OCH3 is 1. The lowest BCUT2D eigenvalue weighted by Gasteiger charge is -2.33. The average Bonchev–Trinajstić information content (AvgIpc) is 2.13. The number of hydrazine groups is 1. The van der Waals surface area contributed by atoms with Gasteiger partial charge in [-0.1, -0.05) is 19.1 Å². The van der Waals surface area contributed by atoms with E-state index in [1.807, 2.05) is 13.8 Å². The number of ether oxygens (including phenoxy) is 1. The molecule has 0 aromatic heterocycles. The molecule has 0 heterocycles. The van der Waals surface area contributed by atoms with E-state index in [-0.39, 0.29) is 11.6 Å². The molecule has 0 rings (SSSR count). The van der Waals surface area contributed by atoms with Crippen LogP contribution in [-0.4, -0.2) is 18.8 Å². The molecule has 0 bridgehead atoms. The number of hydrogen-bond donors (Lipinski definition) is 2. The van der Waals surface area contributed by atoms with E-state index in [0.717, 1.165) is 12.8 Å². The number of hydrogen-bond acceptors (Lipinski definition) is 3.